The van der Waals surface area contributed by atoms with E-state index in [1.807, 2.05) is 12.1 Å². The molecular formula is C19H25NO. The molecule has 0 aliphatic heterocycles. The summed E-state index contributed by atoms with van der Waals surface area (Å²) in [6, 6.07) is 17.5. The van der Waals surface area contributed by atoms with Gasteiger partial charge in [0.05, 0.1) is 7.11 Å². The summed E-state index contributed by atoms with van der Waals surface area (Å²) in [6.07, 6.45) is 1.08. The van der Waals surface area contributed by atoms with Crippen molar-refractivity contribution in [2.45, 2.75) is 39.8 Å². The second-order valence-electron chi connectivity index (χ2n) is 5.55. The van der Waals surface area contributed by atoms with Crippen LogP contribution in [0.5, 0.6) is 5.75 Å². The van der Waals surface area contributed by atoms with E-state index >= 15 is 0 Å². The number of rotatable bonds is 6. The fourth-order valence-corrected chi connectivity index (χ4v) is 2.51. The first-order valence-corrected chi connectivity index (χ1v) is 7.63. The Kier molecular flexibility index (Phi) is 5.26. The van der Waals surface area contributed by atoms with Gasteiger partial charge in [0, 0.05) is 23.8 Å². The summed E-state index contributed by atoms with van der Waals surface area (Å²) >= 11 is 0. The minimum absolute atomic E-state index is 0.433. The molecule has 0 saturated heterocycles. The van der Waals surface area contributed by atoms with E-state index in [1.165, 1.54) is 16.8 Å². The molecule has 112 valence electrons. The van der Waals surface area contributed by atoms with Crippen LogP contribution in [-0.4, -0.2) is 13.2 Å². The Balaban J connectivity index is 2.26. The van der Waals surface area contributed by atoms with Crippen LogP contribution in [0.3, 0.4) is 0 Å². The Hall–Kier alpha value is -1.96. The molecule has 0 unspecified atom stereocenters. The average molecular weight is 283 g/mol. The molecule has 2 rings (SSSR count). The highest BCUT2D eigenvalue weighted by Gasteiger charge is 2.13. The number of hydrogen-bond donors (Lipinski definition) is 0. The van der Waals surface area contributed by atoms with Crippen molar-refractivity contribution < 1.29 is 4.74 Å². The molecule has 0 aromatic heterocycles. The molecular weight excluding hydrogens is 258 g/mol. The Labute approximate surface area is 128 Å². The summed E-state index contributed by atoms with van der Waals surface area (Å²) in [4.78, 5) is 2.40. The minimum atomic E-state index is 0.433. The SMILES string of the molecule is CCc1ccc(N(Cc2ccccc2OC)C(C)C)cc1. The quantitative estimate of drug-likeness (QED) is 0.763. The van der Waals surface area contributed by atoms with Gasteiger partial charge in [-0.05, 0) is 44.0 Å². The van der Waals surface area contributed by atoms with Gasteiger partial charge in [0.2, 0.25) is 0 Å². The van der Waals surface area contributed by atoms with Gasteiger partial charge in [-0.3, -0.25) is 0 Å². The third kappa shape index (κ3) is 3.78. The number of hydrogen-bond acceptors (Lipinski definition) is 2. The van der Waals surface area contributed by atoms with E-state index in [0.717, 1.165) is 18.7 Å². The van der Waals surface area contributed by atoms with Crippen LogP contribution in [0.15, 0.2) is 48.5 Å². The smallest absolute Gasteiger partial charge is 0.123 e. The molecule has 0 radical (unpaired) electrons. The predicted molar refractivity (Wildman–Crippen MR) is 90.1 cm³/mol. The molecule has 0 N–H and O–H groups in total. The Morgan fingerprint density at radius 2 is 1.67 bits per heavy atom. The van der Waals surface area contributed by atoms with Crippen LogP contribution in [0.25, 0.3) is 0 Å². The fraction of sp³-hybridized carbons (Fsp3) is 0.368. The van der Waals surface area contributed by atoms with Gasteiger partial charge in [-0.25, -0.2) is 0 Å². The molecule has 0 saturated carbocycles. The van der Waals surface area contributed by atoms with Gasteiger partial charge in [0.25, 0.3) is 0 Å². The highest BCUT2D eigenvalue weighted by atomic mass is 16.5. The Morgan fingerprint density at radius 3 is 2.24 bits per heavy atom. The van der Waals surface area contributed by atoms with Crippen molar-refractivity contribution in [2.24, 2.45) is 0 Å². The average Bonchev–Trinajstić information content (AvgIpc) is 2.53. The van der Waals surface area contributed by atoms with Crippen LogP contribution >= 0.6 is 0 Å². The zero-order chi connectivity index (χ0) is 15.2. The number of anilines is 1. The first-order valence-electron chi connectivity index (χ1n) is 7.63. The van der Waals surface area contributed by atoms with E-state index < -0.39 is 0 Å². The molecule has 2 heteroatoms. The number of ether oxygens (including phenoxy) is 1. The lowest BCUT2D eigenvalue weighted by Crippen LogP contribution is -2.30. The van der Waals surface area contributed by atoms with Gasteiger partial charge in [-0.1, -0.05) is 37.3 Å². The maximum atomic E-state index is 5.47. The van der Waals surface area contributed by atoms with E-state index in [-0.39, 0.29) is 0 Å². The highest BCUT2D eigenvalue weighted by molar-refractivity contribution is 5.50. The summed E-state index contributed by atoms with van der Waals surface area (Å²) < 4.78 is 5.47. The number of nitrogens with zero attached hydrogens (tertiary/aromatic N) is 1. The number of aryl methyl sites for hydroxylation is 1. The topological polar surface area (TPSA) is 12.5 Å². The Bertz CT molecular complexity index is 560. The van der Waals surface area contributed by atoms with Crippen molar-refractivity contribution in [2.75, 3.05) is 12.0 Å². The molecule has 2 nitrogen and oxygen atoms in total. The van der Waals surface area contributed by atoms with Crippen molar-refractivity contribution in [3.05, 3.63) is 59.7 Å². The summed E-state index contributed by atoms with van der Waals surface area (Å²) in [6.45, 7) is 7.49. The molecule has 2 aromatic carbocycles. The molecule has 0 bridgehead atoms. The van der Waals surface area contributed by atoms with Gasteiger partial charge >= 0.3 is 0 Å². The van der Waals surface area contributed by atoms with E-state index in [9.17, 15) is 0 Å². The summed E-state index contributed by atoms with van der Waals surface area (Å²) in [5.74, 6) is 0.952. The highest BCUT2D eigenvalue weighted by Crippen LogP contribution is 2.25. The molecule has 0 atom stereocenters. The second-order valence-corrected chi connectivity index (χ2v) is 5.55. The maximum absolute atomic E-state index is 5.47. The minimum Gasteiger partial charge on any atom is -0.496 e. The molecule has 0 amide bonds. The molecule has 0 aliphatic carbocycles. The van der Waals surface area contributed by atoms with Gasteiger partial charge in [0.15, 0.2) is 0 Å². The lowest BCUT2D eigenvalue weighted by atomic mass is 10.1. The zero-order valence-electron chi connectivity index (χ0n) is 13.5. The fourth-order valence-electron chi connectivity index (χ4n) is 2.51. The van der Waals surface area contributed by atoms with Gasteiger partial charge in [-0.15, -0.1) is 0 Å². The van der Waals surface area contributed by atoms with Crippen molar-refractivity contribution in [1.82, 2.24) is 0 Å². The molecule has 2 aromatic rings. The van der Waals surface area contributed by atoms with E-state index in [2.05, 4.69) is 62.1 Å². The number of methoxy groups -OCH3 is 1. The lowest BCUT2D eigenvalue weighted by molar-refractivity contribution is 0.408. The first-order chi connectivity index (χ1) is 10.2. The van der Waals surface area contributed by atoms with E-state index in [4.69, 9.17) is 4.74 Å². The molecule has 0 heterocycles. The zero-order valence-corrected chi connectivity index (χ0v) is 13.5. The third-order valence-corrected chi connectivity index (χ3v) is 3.83. The van der Waals surface area contributed by atoms with Crippen LogP contribution in [0, 0.1) is 0 Å². The van der Waals surface area contributed by atoms with Crippen LogP contribution in [-0.2, 0) is 13.0 Å². The molecule has 0 fully saturated rings. The summed E-state index contributed by atoms with van der Waals surface area (Å²) in [5.41, 5.74) is 3.85. The van der Waals surface area contributed by atoms with Crippen LogP contribution < -0.4 is 9.64 Å². The standard InChI is InChI=1S/C19H25NO/c1-5-16-10-12-18(13-11-16)20(15(2)3)14-17-8-6-7-9-19(17)21-4/h6-13,15H,5,14H2,1-4H3. The van der Waals surface area contributed by atoms with Crippen LogP contribution in [0.4, 0.5) is 5.69 Å². The molecule has 0 aliphatic rings. The third-order valence-electron chi connectivity index (χ3n) is 3.83. The molecule has 21 heavy (non-hydrogen) atoms. The summed E-state index contributed by atoms with van der Waals surface area (Å²) in [7, 11) is 1.73. The second kappa shape index (κ2) is 7.16. The van der Waals surface area contributed by atoms with E-state index in [1.54, 1.807) is 7.11 Å². The van der Waals surface area contributed by atoms with Gasteiger partial charge < -0.3 is 9.64 Å². The van der Waals surface area contributed by atoms with E-state index in [0.29, 0.717) is 6.04 Å². The van der Waals surface area contributed by atoms with Crippen molar-refractivity contribution in [1.29, 1.82) is 0 Å². The predicted octanol–water partition coefficient (Wildman–Crippen LogP) is 4.67. The Morgan fingerprint density at radius 1 is 1.00 bits per heavy atom. The first kappa shape index (κ1) is 15.4. The van der Waals surface area contributed by atoms with Gasteiger partial charge in [-0.2, -0.15) is 0 Å². The van der Waals surface area contributed by atoms with Crippen LogP contribution in [0.1, 0.15) is 31.9 Å². The van der Waals surface area contributed by atoms with Crippen molar-refractivity contribution in [3.8, 4) is 5.75 Å². The van der Waals surface area contributed by atoms with Crippen LogP contribution in [0.2, 0.25) is 0 Å². The van der Waals surface area contributed by atoms with Crippen molar-refractivity contribution in [3.63, 3.8) is 0 Å². The van der Waals surface area contributed by atoms with Crippen molar-refractivity contribution >= 4 is 5.69 Å². The monoisotopic (exact) mass is 283 g/mol. The lowest BCUT2D eigenvalue weighted by Gasteiger charge is -2.30. The number of para-hydroxylation sites is 1. The summed E-state index contributed by atoms with van der Waals surface area (Å²) in [5, 5.41) is 0. The molecule has 0 spiro atoms. The largest absolute Gasteiger partial charge is 0.496 e. The van der Waals surface area contributed by atoms with Gasteiger partial charge in [0.1, 0.15) is 5.75 Å². The number of benzene rings is 2. The maximum Gasteiger partial charge on any atom is 0.123 e. The normalized spacial score (nSPS) is 10.7.